The molecule has 0 bridgehead atoms. The quantitative estimate of drug-likeness (QED) is 0.799. The number of rotatable bonds is 6. The van der Waals surface area contributed by atoms with Gasteiger partial charge in [-0.15, -0.1) is 0 Å². The second-order valence-corrected chi connectivity index (χ2v) is 7.20. The standard InChI is InChI=1S/C18H19NO5S/c1-3-24-12-6-4-11(5-7-12)17(20)16-15(25(2)23)10-14-13(18(21)22)8-9-19(14)16/h4-7,10,13H,3,8-9H2,1-2H3,(H,21,22). The summed E-state index contributed by atoms with van der Waals surface area (Å²) >= 11 is 0. The summed E-state index contributed by atoms with van der Waals surface area (Å²) < 4.78 is 19.2. The van der Waals surface area contributed by atoms with Crippen molar-refractivity contribution in [2.24, 2.45) is 0 Å². The van der Waals surface area contributed by atoms with E-state index in [-0.39, 0.29) is 5.78 Å². The number of carbonyl (C=O) groups is 2. The van der Waals surface area contributed by atoms with Crippen molar-refractivity contribution < 1.29 is 23.6 Å². The SMILES string of the molecule is CCOc1ccc(C(=O)c2c(S(C)=O)cc3n2CCC3C(=O)O)cc1. The molecule has 2 heterocycles. The van der Waals surface area contributed by atoms with Gasteiger partial charge in [0.2, 0.25) is 5.78 Å². The van der Waals surface area contributed by atoms with Crippen molar-refractivity contribution in [3.63, 3.8) is 0 Å². The highest BCUT2D eigenvalue weighted by Crippen LogP contribution is 2.35. The number of benzene rings is 1. The summed E-state index contributed by atoms with van der Waals surface area (Å²) in [6, 6.07) is 8.36. The molecule has 2 atom stereocenters. The van der Waals surface area contributed by atoms with Gasteiger partial charge in [0.15, 0.2) is 0 Å². The fourth-order valence-corrected chi connectivity index (χ4v) is 3.95. The lowest BCUT2D eigenvalue weighted by molar-refractivity contribution is -0.138. The van der Waals surface area contributed by atoms with Crippen LogP contribution in [0.2, 0.25) is 0 Å². The van der Waals surface area contributed by atoms with Crippen LogP contribution in [0.25, 0.3) is 0 Å². The Labute approximate surface area is 147 Å². The maximum absolute atomic E-state index is 13.0. The van der Waals surface area contributed by atoms with E-state index < -0.39 is 22.7 Å². The second kappa shape index (κ2) is 6.84. The normalized spacial score (nSPS) is 17.1. The van der Waals surface area contributed by atoms with Crippen LogP contribution in [0.4, 0.5) is 0 Å². The molecule has 1 N–H and O–H groups in total. The maximum atomic E-state index is 13.0. The van der Waals surface area contributed by atoms with Gasteiger partial charge >= 0.3 is 5.97 Å². The van der Waals surface area contributed by atoms with Gasteiger partial charge in [-0.3, -0.25) is 13.8 Å². The molecule has 0 fully saturated rings. The number of nitrogens with zero attached hydrogens (tertiary/aromatic N) is 1. The van der Waals surface area contributed by atoms with Crippen molar-refractivity contribution in [2.45, 2.75) is 30.7 Å². The van der Waals surface area contributed by atoms with Crippen molar-refractivity contribution in [3.8, 4) is 5.75 Å². The molecule has 2 aromatic rings. The number of aromatic nitrogens is 1. The number of ketones is 1. The Balaban J connectivity index is 2.04. The lowest BCUT2D eigenvalue weighted by Crippen LogP contribution is -2.12. The minimum absolute atomic E-state index is 0.259. The number of ether oxygens (including phenoxy) is 1. The van der Waals surface area contributed by atoms with E-state index in [2.05, 4.69) is 0 Å². The molecule has 0 aliphatic carbocycles. The Hall–Kier alpha value is -2.41. The van der Waals surface area contributed by atoms with Crippen molar-refractivity contribution in [3.05, 3.63) is 47.3 Å². The van der Waals surface area contributed by atoms with E-state index in [0.29, 0.717) is 47.2 Å². The largest absolute Gasteiger partial charge is 0.494 e. The van der Waals surface area contributed by atoms with Gasteiger partial charge in [-0.05, 0) is 43.7 Å². The van der Waals surface area contributed by atoms with Crippen LogP contribution in [-0.2, 0) is 22.1 Å². The number of aliphatic carboxylic acids is 1. The van der Waals surface area contributed by atoms with Crippen molar-refractivity contribution in [2.75, 3.05) is 12.9 Å². The van der Waals surface area contributed by atoms with E-state index in [1.54, 1.807) is 34.9 Å². The molecule has 1 aromatic carbocycles. The Morgan fingerprint density at radius 1 is 1.32 bits per heavy atom. The third kappa shape index (κ3) is 3.11. The van der Waals surface area contributed by atoms with E-state index in [9.17, 15) is 18.9 Å². The molecule has 0 saturated carbocycles. The van der Waals surface area contributed by atoms with Crippen molar-refractivity contribution in [1.29, 1.82) is 0 Å². The van der Waals surface area contributed by atoms with Gasteiger partial charge in [0.25, 0.3) is 0 Å². The average Bonchev–Trinajstić information content (AvgIpc) is 3.13. The van der Waals surface area contributed by atoms with Crippen molar-refractivity contribution >= 4 is 22.6 Å². The molecule has 0 saturated heterocycles. The maximum Gasteiger partial charge on any atom is 0.312 e. The predicted octanol–water partition coefficient (Wildman–Crippen LogP) is 2.43. The zero-order chi connectivity index (χ0) is 18.1. The van der Waals surface area contributed by atoms with Crippen LogP contribution >= 0.6 is 0 Å². The van der Waals surface area contributed by atoms with Crippen LogP contribution in [0.1, 0.15) is 41.0 Å². The second-order valence-electron chi connectivity index (χ2n) is 5.85. The summed E-state index contributed by atoms with van der Waals surface area (Å²) in [6.45, 7) is 2.85. The van der Waals surface area contributed by atoms with Crippen LogP contribution in [0, 0.1) is 0 Å². The van der Waals surface area contributed by atoms with Gasteiger partial charge in [-0.1, -0.05) is 0 Å². The molecule has 6 nitrogen and oxygen atoms in total. The minimum Gasteiger partial charge on any atom is -0.494 e. The molecule has 0 spiro atoms. The predicted molar refractivity (Wildman–Crippen MR) is 92.8 cm³/mol. The average molecular weight is 361 g/mol. The van der Waals surface area contributed by atoms with Crippen LogP contribution < -0.4 is 4.74 Å². The van der Waals surface area contributed by atoms with Gasteiger partial charge in [0, 0.05) is 24.1 Å². The minimum atomic E-state index is -1.39. The summed E-state index contributed by atoms with van der Waals surface area (Å²) in [5.41, 5.74) is 1.32. The number of hydrogen-bond acceptors (Lipinski definition) is 4. The third-order valence-electron chi connectivity index (χ3n) is 4.34. The highest BCUT2D eigenvalue weighted by atomic mass is 32.2. The zero-order valence-corrected chi connectivity index (χ0v) is 14.8. The molecule has 3 rings (SSSR count). The molecular formula is C18H19NO5S. The van der Waals surface area contributed by atoms with E-state index in [0.717, 1.165) is 0 Å². The molecule has 1 aliphatic heterocycles. The Bertz CT molecular complexity index is 853. The summed E-state index contributed by atoms with van der Waals surface area (Å²) in [5, 5.41) is 9.35. The highest BCUT2D eigenvalue weighted by Gasteiger charge is 2.35. The molecule has 0 amide bonds. The van der Waals surface area contributed by atoms with E-state index >= 15 is 0 Å². The number of carboxylic acids is 1. The zero-order valence-electron chi connectivity index (χ0n) is 14.0. The number of fused-ring (bicyclic) bond motifs is 1. The first-order valence-electron chi connectivity index (χ1n) is 8.01. The number of carbonyl (C=O) groups excluding carboxylic acids is 1. The first-order chi connectivity index (χ1) is 11.9. The fraction of sp³-hybridized carbons (Fsp3) is 0.333. The first kappa shape index (κ1) is 17.4. The lowest BCUT2D eigenvalue weighted by atomic mass is 10.1. The summed E-state index contributed by atoms with van der Waals surface area (Å²) in [7, 11) is -1.39. The number of carboxylic acid groups (broad SMARTS) is 1. The Morgan fingerprint density at radius 2 is 2.00 bits per heavy atom. The molecule has 132 valence electrons. The first-order valence-corrected chi connectivity index (χ1v) is 9.57. The van der Waals surface area contributed by atoms with E-state index in [4.69, 9.17) is 4.74 Å². The number of hydrogen-bond donors (Lipinski definition) is 1. The van der Waals surface area contributed by atoms with Gasteiger partial charge in [0.1, 0.15) is 11.4 Å². The van der Waals surface area contributed by atoms with E-state index in [1.165, 1.54) is 6.26 Å². The molecule has 2 unspecified atom stereocenters. The highest BCUT2D eigenvalue weighted by molar-refractivity contribution is 7.84. The molecule has 1 aromatic heterocycles. The van der Waals surface area contributed by atoms with Gasteiger partial charge in [-0.2, -0.15) is 0 Å². The summed E-state index contributed by atoms with van der Waals surface area (Å²) in [6.07, 6.45) is 1.93. The monoisotopic (exact) mass is 361 g/mol. The smallest absolute Gasteiger partial charge is 0.312 e. The summed E-state index contributed by atoms with van der Waals surface area (Å²) in [5.74, 6) is -1.18. The Kier molecular flexibility index (Phi) is 4.76. The molecular weight excluding hydrogens is 342 g/mol. The summed E-state index contributed by atoms with van der Waals surface area (Å²) in [4.78, 5) is 24.8. The van der Waals surface area contributed by atoms with Crippen LogP contribution in [0.5, 0.6) is 5.75 Å². The molecule has 1 aliphatic rings. The van der Waals surface area contributed by atoms with Gasteiger partial charge in [-0.25, -0.2) is 0 Å². The fourth-order valence-electron chi connectivity index (χ4n) is 3.19. The molecule has 0 radical (unpaired) electrons. The van der Waals surface area contributed by atoms with Crippen molar-refractivity contribution in [1.82, 2.24) is 4.57 Å². The van der Waals surface area contributed by atoms with Crippen LogP contribution in [-0.4, -0.2) is 38.5 Å². The van der Waals surface area contributed by atoms with Crippen LogP contribution in [0.15, 0.2) is 35.2 Å². The van der Waals surface area contributed by atoms with Crippen LogP contribution in [0.3, 0.4) is 0 Å². The van der Waals surface area contributed by atoms with Gasteiger partial charge in [0.05, 0.1) is 28.2 Å². The lowest BCUT2D eigenvalue weighted by Gasteiger charge is -2.09. The Morgan fingerprint density at radius 3 is 2.56 bits per heavy atom. The van der Waals surface area contributed by atoms with E-state index in [1.807, 2.05) is 6.92 Å². The van der Waals surface area contributed by atoms with Gasteiger partial charge < -0.3 is 14.4 Å². The third-order valence-corrected chi connectivity index (χ3v) is 5.27. The topological polar surface area (TPSA) is 85.6 Å². The molecule has 25 heavy (non-hydrogen) atoms. The molecule has 7 heteroatoms.